The predicted octanol–water partition coefficient (Wildman–Crippen LogP) is 2.80. The molecule has 1 atom stereocenters. The van der Waals surface area contributed by atoms with Crippen molar-refractivity contribution in [1.82, 2.24) is 5.32 Å². The van der Waals surface area contributed by atoms with Gasteiger partial charge in [0.2, 0.25) is 5.91 Å². The SMILES string of the molecule is CCC(=O)N[C@@H](C)c1ccc(Br)cc1OCCCO. The molecule has 106 valence electrons. The molecule has 1 aromatic carbocycles. The van der Waals surface area contributed by atoms with Gasteiger partial charge in [0.1, 0.15) is 5.75 Å². The molecule has 0 aliphatic rings. The molecule has 0 heterocycles. The van der Waals surface area contributed by atoms with Gasteiger partial charge in [0, 0.05) is 29.5 Å². The quantitative estimate of drug-likeness (QED) is 0.756. The van der Waals surface area contributed by atoms with Crippen molar-refractivity contribution in [2.45, 2.75) is 32.7 Å². The van der Waals surface area contributed by atoms with Crippen molar-refractivity contribution in [3.05, 3.63) is 28.2 Å². The van der Waals surface area contributed by atoms with Crippen LogP contribution in [0, 0.1) is 0 Å². The molecule has 0 aromatic heterocycles. The van der Waals surface area contributed by atoms with Gasteiger partial charge >= 0.3 is 0 Å². The van der Waals surface area contributed by atoms with Crippen LogP contribution in [0.15, 0.2) is 22.7 Å². The summed E-state index contributed by atoms with van der Waals surface area (Å²) < 4.78 is 6.57. The largest absolute Gasteiger partial charge is 0.493 e. The lowest BCUT2D eigenvalue weighted by Crippen LogP contribution is -2.26. The topological polar surface area (TPSA) is 58.6 Å². The van der Waals surface area contributed by atoms with Gasteiger partial charge in [-0.3, -0.25) is 4.79 Å². The monoisotopic (exact) mass is 329 g/mol. The first-order chi connectivity index (χ1) is 9.08. The van der Waals surface area contributed by atoms with Crippen LogP contribution in [0.4, 0.5) is 0 Å². The second-order valence-corrected chi connectivity index (χ2v) is 5.17. The average molecular weight is 330 g/mol. The van der Waals surface area contributed by atoms with Crippen molar-refractivity contribution < 1.29 is 14.6 Å². The minimum absolute atomic E-state index is 0.0109. The fourth-order valence-corrected chi connectivity index (χ4v) is 2.00. The molecular weight excluding hydrogens is 310 g/mol. The summed E-state index contributed by atoms with van der Waals surface area (Å²) in [6.07, 6.45) is 1.04. The number of nitrogens with one attached hydrogen (secondary N) is 1. The number of aliphatic hydroxyl groups excluding tert-OH is 1. The lowest BCUT2D eigenvalue weighted by Gasteiger charge is -2.18. The number of hydrogen-bond donors (Lipinski definition) is 2. The van der Waals surface area contributed by atoms with Crippen LogP contribution in [0.3, 0.4) is 0 Å². The zero-order valence-corrected chi connectivity index (χ0v) is 12.9. The van der Waals surface area contributed by atoms with Crippen LogP contribution < -0.4 is 10.1 Å². The van der Waals surface area contributed by atoms with E-state index >= 15 is 0 Å². The summed E-state index contributed by atoms with van der Waals surface area (Å²) in [7, 11) is 0. The van der Waals surface area contributed by atoms with Gasteiger partial charge in [0.15, 0.2) is 0 Å². The van der Waals surface area contributed by atoms with E-state index < -0.39 is 0 Å². The number of hydrogen-bond acceptors (Lipinski definition) is 3. The van der Waals surface area contributed by atoms with E-state index in [0.29, 0.717) is 19.4 Å². The average Bonchev–Trinajstić information content (AvgIpc) is 2.38. The third-order valence-corrected chi connectivity index (χ3v) is 3.19. The third-order valence-electron chi connectivity index (χ3n) is 2.70. The molecule has 0 unspecified atom stereocenters. The van der Waals surface area contributed by atoms with Crippen molar-refractivity contribution in [2.24, 2.45) is 0 Å². The fraction of sp³-hybridized carbons (Fsp3) is 0.500. The van der Waals surface area contributed by atoms with E-state index in [1.54, 1.807) is 0 Å². The number of amides is 1. The van der Waals surface area contributed by atoms with Gasteiger partial charge in [0.25, 0.3) is 0 Å². The maximum Gasteiger partial charge on any atom is 0.220 e. The Balaban J connectivity index is 2.82. The highest BCUT2D eigenvalue weighted by Gasteiger charge is 2.14. The van der Waals surface area contributed by atoms with Gasteiger partial charge in [-0.15, -0.1) is 0 Å². The lowest BCUT2D eigenvalue weighted by atomic mass is 10.1. The zero-order chi connectivity index (χ0) is 14.3. The number of aliphatic hydroxyl groups is 1. The van der Waals surface area contributed by atoms with Crippen molar-refractivity contribution in [3.63, 3.8) is 0 Å². The Morgan fingerprint density at radius 2 is 2.26 bits per heavy atom. The lowest BCUT2D eigenvalue weighted by molar-refractivity contribution is -0.121. The Kier molecular flexibility index (Phi) is 6.87. The summed E-state index contributed by atoms with van der Waals surface area (Å²) in [6.45, 7) is 4.30. The second-order valence-electron chi connectivity index (χ2n) is 4.25. The molecule has 0 aliphatic carbocycles. The summed E-state index contributed by atoms with van der Waals surface area (Å²) in [4.78, 5) is 11.4. The normalized spacial score (nSPS) is 12.0. The molecular formula is C14H20BrNO3. The standard InChI is InChI=1S/C14H20BrNO3/c1-3-14(18)16-10(2)12-6-5-11(15)9-13(12)19-8-4-7-17/h5-6,9-10,17H,3-4,7-8H2,1-2H3,(H,16,18)/t10-/m0/s1. The first kappa shape index (κ1) is 16.0. The molecule has 1 aromatic rings. The highest BCUT2D eigenvalue weighted by atomic mass is 79.9. The summed E-state index contributed by atoms with van der Waals surface area (Å²) in [5.74, 6) is 0.739. The molecule has 0 bridgehead atoms. The molecule has 0 saturated heterocycles. The Bertz CT molecular complexity index is 423. The summed E-state index contributed by atoms with van der Waals surface area (Å²) in [5, 5.41) is 11.7. The van der Waals surface area contributed by atoms with Crippen LogP contribution >= 0.6 is 15.9 Å². The number of halogens is 1. The molecule has 1 amide bonds. The molecule has 4 nitrogen and oxygen atoms in total. The van der Waals surface area contributed by atoms with Crippen molar-refractivity contribution in [1.29, 1.82) is 0 Å². The highest BCUT2D eigenvalue weighted by Crippen LogP contribution is 2.28. The predicted molar refractivity (Wildman–Crippen MR) is 78.2 cm³/mol. The first-order valence-electron chi connectivity index (χ1n) is 6.41. The Labute approximate surface area is 122 Å². The van der Waals surface area contributed by atoms with E-state index in [4.69, 9.17) is 9.84 Å². The number of carbonyl (C=O) groups is 1. The first-order valence-corrected chi connectivity index (χ1v) is 7.20. The van der Waals surface area contributed by atoms with Crippen LogP contribution in [-0.2, 0) is 4.79 Å². The van der Waals surface area contributed by atoms with Gasteiger partial charge in [-0.25, -0.2) is 0 Å². The van der Waals surface area contributed by atoms with Crippen LogP contribution in [0.5, 0.6) is 5.75 Å². The van der Waals surface area contributed by atoms with E-state index in [1.165, 1.54) is 0 Å². The summed E-state index contributed by atoms with van der Waals surface area (Å²) in [5.41, 5.74) is 0.933. The van der Waals surface area contributed by atoms with Gasteiger partial charge in [-0.2, -0.15) is 0 Å². The minimum Gasteiger partial charge on any atom is -0.493 e. The van der Waals surface area contributed by atoms with E-state index in [9.17, 15) is 4.79 Å². The Hall–Kier alpha value is -1.07. The molecule has 1 rings (SSSR count). The molecule has 0 spiro atoms. The number of carbonyl (C=O) groups excluding carboxylic acids is 1. The Morgan fingerprint density at radius 1 is 1.53 bits per heavy atom. The fourth-order valence-electron chi connectivity index (χ4n) is 1.66. The molecule has 0 fully saturated rings. The molecule has 0 radical (unpaired) electrons. The number of rotatable bonds is 7. The van der Waals surface area contributed by atoms with Crippen LogP contribution in [0.25, 0.3) is 0 Å². The molecule has 0 aliphatic heterocycles. The maximum atomic E-state index is 11.4. The molecule has 19 heavy (non-hydrogen) atoms. The third kappa shape index (κ3) is 5.20. The zero-order valence-electron chi connectivity index (χ0n) is 11.3. The van der Waals surface area contributed by atoms with E-state index in [2.05, 4.69) is 21.2 Å². The molecule has 0 saturated carbocycles. The summed E-state index contributed by atoms with van der Waals surface area (Å²) >= 11 is 3.40. The maximum absolute atomic E-state index is 11.4. The molecule has 2 N–H and O–H groups in total. The van der Waals surface area contributed by atoms with E-state index in [1.807, 2.05) is 32.0 Å². The molecule has 5 heteroatoms. The number of benzene rings is 1. The van der Waals surface area contributed by atoms with Gasteiger partial charge in [-0.1, -0.05) is 28.9 Å². The Morgan fingerprint density at radius 3 is 2.89 bits per heavy atom. The van der Waals surface area contributed by atoms with Gasteiger partial charge in [0.05, 0.1) is 12.6 Å². The van der Waals surface area contributed by atoms with Crippen LogP contribution in [0.1, 0.15) is 38.3 Å². The van der Waals surface area contributed by atoms with Crippen molar-refractivity contribution in [3.8, 4) is 5.75 Å². The smallest absolute Gasteiger partial charge is 0.220 e. The van der Waals surface area contributed by atoms with E-state index in [0.717, 1.165) is 15.8 Å². The van der Waals surface area contributed by atoms with Crippen LogP contribution in [-0.4, -0.2) is 24.2 Å². The second kappa shape index (κ2) is 8.17. The minimum atomic E-state index is -0.107. The van der Waals surface area contributed by atoms with Crippen molar-refractivity contribution >= 4 is 21.8 Å². The van der Waals surface area contributed by atoms with Gasteiger partial charge in [-0.05, 0) is 19.1 Å². The van der Waals surface area contributed by atoms with Crippen molar-refractivity contribution in [2.75, 3.05) is 13.2 Å². The van der Waals surface area contributed by atoms with Gasteiger partial charge < -0.3 is 15.2 Å². The number of ether oxygens (including phenoxy) is 1. The van der Waals surface area contributed by atoms with E-state index in [-0.39, 0.29) is 18.6 Å². The summed E-state index contributed by atoms with van der Waals surface area (Å²) in [6, 6.07) is 5.62. The van der Waals surface area contributed by atoms with Crippen LogP contribution in [0.2, 0.25) is 0 Å². The highest BCUT2D eigenvalue weighted by molar-refractivity contribution is 9.10.